The number of nitrogens with one attached hydrogen (secondary N) is 2. The first-order chi connectivity index (χ1) is 10.9. The predicted molar refractivity (Wildman–Crippen MR) is 90.6 cm³/mol. The maximum Gasteiger partial charge on any atom is 0.407 e. The van der Waals surface area contributed by atoms with Crippen molar-refractivity contribution in [3.05, 3.63) is 22.4 Å². The fraction of sp³-hybridized carbons (Fsp3) is 0.706. The first-order valence-corrected chi connectivity index (χ1v) is 9.24. The number of hydrogen-bond acceptors (Lipinski definition) is 5. The molecule has 6 heteroatoms. The van der Waals surface area contributed by atoms with Crippen molar-refractivity contribution in [1.82, 2.24) is 10.6 Å². The molecule has 1 aromatic rings. The molecule has 23 heavy (non-hydrogen) atoms. The Morgan fingerprint density at radius 2 is 2.26 bits per heavy atom. The number of fused-ring (bicyclic) bond motifs is 1. The summed E-state index contributed by atoms with van der Waals surface area (Å²) in [6.45, 7) is 7.26. The zero-order valence-electron chi connectivity index (χ0n) is 14.0. The van der Waals surface area contributed by atoms with Gasteiger partial charge in [-0.25, -0.2) is 4.79 Å². The van der Waals surface area contributed by atoms with Crippen LogP contribution in [0.25, 0.3) is 0 Å². The van der Waals surface area contributed by atoms with Crippen LogP contribution in [0.3, 0.4) is 0 Å². The highest BCUT2D eigenvalue weighted by Gasteiger charge is 2.53. The molecule has 1 aromatic heterocycles. The van der Waals surface area contributed by atoms with Gasteiger partial charge in [0.1, 0.15) is 5.60 Å². The Morgan fingerprint density at radius 3 is 2.96 bits per heavy atom. The van der Waals surface area contributed by atoms with Crippen molar-refractivity contribution in [2.24, 2.45) is 5.92 Å². The Hall–Kier alpha value is -1.11. The number of carbonyl (C=O) groups is 1. The second-order valence-corrected chi connectivity index (χ2v) is 8.13. The van der Waals surface area contributed by atoms with Crippen LogP contribution in [0.4, 0.5) is 4.79 Å². The van der Waals surface area contributed by atoms with E-state index < -0.39 is 5.60 Å². The minimum atomic E-state index is -0.476. The molecule has 128 valence electrons. The molecule has 3 rings (SSSR count). The average molecular weight is 338 g/mol. The summed E-state index contributed by atoms with van der Waals surface area (Å²) < 4.78 is 11.3. The lowest BCUT2D eigenvalue weighted by Gasteiger charge is -2.54. The SMILES string of the molecule is CC(C)(C)OC(=O)NC1C2CCCOC2C1NCc1ccsc1. The quantitative estimate of drug-likeness (QED) is 0.886. The first-order valence-electron chi connectivity index (χ1n) is 8.29. The summed E-state index contributed by atoms with van der Waals surface area (Å²) >= 11 is 1.70. The molecular formula is C17H26N2O3S. The molecule has 0 radical (unpaired) electrons. The zero-order chi connectivity index (χ0) is 16.4. The van der Waals surface area contributed by atoms with Gasteiger partial charge in [-0.05, 0) is 56.0 Å². The summed E-state index contributed by atoms with van der Waals surface area (Å²) in [6, 6.07) is 2.34. The third kappa shape index (κ3) is 4.05. The van der Waals surface area contributed by atoms with E-state index in [2.05, 4.69) is 27.5 Å². The first kappa shape index (κ1) is 16.7. The lowest BCUT2D eigenvalue weighted by Crippen LogP contribution is -2.73. The summed E-state index contributed by atoms with van der Waals surface area (Å²) in [5, 5.41) is 10.8. The minimum Gasteiger partial charge on any atom is -0.444 e. The van der Waals surface area contributed by atoms with E-state index in [1.165, 1.54) is 5.56 Å². The van der Waals surface area contributed by atoms with Gasteiger partial charge in [0.2, 0.25) is 0 Å². The second kappa shape index (κ2) is 6.79. The van der Waals surface area contributed by atoms with E-state index in [0.29, 0.717) is 5.92 Å². The Balaban J connectivity index is 1.59. The molecule has 1 amide bonds. The van der Waals surface area contributed by atoms with Gasteiger partial charge in [-0.2, -0.15) is 11.3 Å². The van der Waals surface area contributed by atoms with Crippen molar-refractivity contribution in [1.29, 1.82) is 0 Å². The van der Waals surface area contributed by atoms with Crippen LogP contribution in [-0.4, -0.2) is 36.5 Å². The zero-order valence-corrected chi connectivity index (χ0v) is 14.8. The summed E-state index contributed by atoms with van der Waals surface area (Å²) in [5.41, 5.74) is 0.792. The highest BCUT2D eigenvalue weighted by molar-refractivity contribution is 7.07. The molecule has 2 N–H and O–H groups in total. The van der Waals surface area contributed by atoms with Gasteiger partial charge in [0.15, 0.2) is 0 Å². The molecule has 2 aliphatic rings. The molecule has 4 unspecified atom stereocenters. The molecule has 0 bridgehead atoms. The van der Waals surface area contributed by atoms with Crippen LogP contribution in [0.5, 0.6) is 0 Å². The molecule has 5 nitrogen and oxygen atoms in total. The molecule has 0 spiro atoms. The van der Waals surface area contributed by atoms with E-state index in [9.17, 15) is 4.79 Å². The van der Waals surface area contributed by atoms with Crippen LogP contribution >= 0.6 is 11.3 Å². The Bertz CT molecular complexity index is 526. The number of ether oxygens (including phenoxy) is 2. The van der Waals surface area contributed by atoms with Crippen LogP contribution in [0, 0.1) is 5.92 Å². The number of carbonyl (C=O) groups excluding carboxylic acids is 1. The van der Waals surface area contributed by atoms with E-state index in [1.807, 2.05) is 20.8 Å². The van der Waals surface area contributed by atoms with Crippen molar-refractivity contribution in [3.63, 3.8) is 0 Å². The number of alkyl carbamates (subject to hydrolysis) is 1. The molecular weight excluding hydrogens is 312 g/mol. The smallest absolute Gasteiger partial charge is 0.407 e. The second-order valence-electron chi connectivity index (χ2n) is 7.35. The van der Waals surface area contributed by atoms with Gasteiger partial charge in [-0.1, -0.05) is 0 Å². The van der Waals surface area contributed by atoms with Gasteiger partial charge in [0, 0.05) is 19.1 Å². The maximum absolute atomic E-state index is 12.1. The van der Waals surface area contributed by atoms with Gasteiger partial charge in [-0.15, -0.1) is 0 Å². The van der Waals surface area contributed by atoms with Crippen molar-refractivity contribution in [3.8, 4) is 0 Å². The number of hydrogen-bond donors (Lipinski definition) is 2. The number of rotatable bonds is 4. The average Bonchev–Trinajstić information content (AvgIpc) is 2.97. The van der Waals surface area contributed by atoms with Crippen LogP contribution in [0.1, 0.15) is 39.2 Å². The predicted octanol–water partition coefficient (Wildman–Crippen LogP) is 2.91. The molecule has 4 atom stereocenters. The van der Waals surface area contributed by atoms with Crippen LogP contribution in [0.15, 0.2) is 16.8 Å². The van der Waals surface area contributed by atoms with Gasteiger partial charge in [0.05, 0.1) is 18.2 Å². The van der Waals surface area contributed by atoms with Crippen molar-refractivity contribution < 1.29 is 14.3 Å². The standard InChI is InChI=1S/C17H26N2O3S/c1-17(2,3)22-16(20)19-13-12-5-4-7-21-15(12)14(13)18-9-11-6-8-23-10-11/h6,8,10,12-15,18H,4-5,7,9H2,1-3H3,(H,19,20). The third-order valence-corrected chi connectivity index (χ3v) is 5.15. The minimum absolute atomic E-state index is 0.0776. The third-order valence-electron chi connectivity index (χ3n) is 4.42. The highest BCUT2D eigenvalue weighted by Crippen LogP contribution is 2.38. The summed E-state index contributed by atoms with van der Waals surface area (Å²) in [5.74, 6) is 0.385. The van der Waals surface area contributed by atoms with Crippen molar-refractivity contribution in [2.45, 2.75) is 63.9 Å². The van der Waals surface area contributed by atoms with Crippen LogP contribution in [-0.2, 0) is 16.0 Å². The fourth-order valence-corrected chi connectivity index (χ4v) is 4.09. The monoisotopic (exact) mass is 338 g/mol. The molecule has 1 saturated carbocycles. The van der Waals surface area contributed by atoms with E-state index in [4.69, 9.17) is 9.47 Å². The molecule has 0 aromatic carbocycles. The van der Waals surface area contributed by atoms with Gasteiger partial charge < -0.3 is 20.1 Å². The van der Waals surface area contributed by atoms with Crippen LogP contribution in [0.2, 0.25) is 0 Å². The van der Waals surface area contributed by atoms with Gasteiger partial charge in [-0.3, -0.25) is 0 Å². The Morgan fingerprint density at radius 1 is 1.43 bits per heavy atom. The van der Waals surface area contributed by atoms with Gasteiger partial charge in [0.25, 0.3) is 0 Å². The number of amides is 1. The van der Waals surface area contributed by atoms with Crippen molar-refractivity contribution in [2.75, 3.05) is 6.61 Å². The maximum atomic E-state index is 12.1. The summed E-state index contributed by atoms with van der Waals surface area (Å²) in [7, 11) is 0. The largest absolute Gasteiger partial charge is 0.444 e. The molecule has 2 fully saturated rings. The van der Waals surface area contributed by atoms with Crippen molar-refractivity contribution >= 4 is 17.4 Å². The summed E-state index contributed by atoms with van der Waals surface area (Å²) in [6.07, 6.45) is 2.02. The van der Waals surface area contributed by atoms with E-state index in [0.717, 1.165) is 26.0 Å². The topological polar surface area (TPSA) is 59.6 Å². The van der Waals surface area contributed by atoms with E-state index >= 15 is 0 Å². The molecule has 1 aliphatic carbocycles. The fourth-order valence-electron chi connectivity index (χ4n) is 3.42. The molecule has 1 saturated heterocycles. The lowest BCUT2D eigenvalue weighted by molar-refractivity contribution is -0.128. The van der Waals surface area contributed by atoms with E-state index in [1.54, 1.807) is 11.3 Å². The van der Waals surface area contributed by atoms with Gasteiger partial charge >= 0.3 is 6.09 Å². The van der Waals surface area contributed by atoms with E-state index in [-0.39, 0.29) is 24.3 Å². The number of thiophene rings is 1. The highest BCUT2D eigenvalue weighted by atomic mass is 32.1. The molecule has 1 aliphatic heterocycles. The Kier molecular flexibility index (Phi) is 4.94. The lowest BCUT2D eigenvalue weighted by atomic mass is 9.68. The molecule has 2 heterocycles. The summed E-state index contributed by atoms with van der Waals surface area (Å²) in [4.78, 5) is 12.1. The van der Waals surface area contributed by atoms with Crippen LogP contribution < -0.4 is 10.6 Å². The Labute approximate surface area is 141 Å². The normalized spacial score (nSPS) is 30.2.